The minimum absolute atomic E-state index is 0.0401. The molecule has 0 aliphatic heterocycles. The van der Waals surface area contributed by atoms with Crippen LogP contribution in [0, 0.1) is 6.92 Å². The van der Waals surface area contributed by atoms with Crippen molar-refractivity contribution in [3.63, 3.8) is 0 Å². The summed E-state index contributed by atoms with van der Waals surface area (Å²) >= 11 is 5.91. The molecular weight excluding hydrogens is 263 g/mol. The lowest BCUT2D eigenvalue weighted by atomic mass is 10.00. The largest absolute Gasteiger partial charge is 0.389 e. The second kappa shape index (κ2) is 6.43. The summed E-state index contributed by atoms with van der Waals surface area (Å²) in [6.07, 6.45) is -4.86. The number of hydrogen-bond acceptors (Lipinski definition) is 1. The fourth-order valence-electron chi connectivity index (χ4n) is 1.83. The molecule has 1 nitrogen and oxygen atoms in total. The summed E-state index contributed by atoms with van der Waals surface area (Å²) in [4.78, 5) is 0. The van der Waals surface area contributed by atoms with Crippen LogP contribution in [0.3, 0.4) is 0 Å². The van der Waals surface area contributed by atoms with Gasteiger partial charge in [-0.15, -0.1) is 0 Å². The number of benzene rings is 1. The zero-order chi connectivity index (χ0) is 13.8. The van der Waals surface area contributed by atoms with Crippen molar-refractivity contribution >= 4 is 11.6 Å². The summed E-state index contributed by atoms with van der Waals surface area (Å²) < 4.78 is 36.8. The van der Waals surface area contributed by atoms with Gasteiger partial charge < -0.3 is 5.32 Å². The van der Waals surface area contributed by atoms with E-state index in [1.54, 1.807) is 12.1 Å². The standard InChI is InChI=1S/C13H17ClF3N/c1-3-18-12(6-7-13(15,16)17)10-4-5-11(14)9(2)8-10/h4-5,8,12,18H,3,6-7H2,1-2H3. The first-order valence-electron chi connectivity index (χ1n) is 5.89. The molecule has 102 valence electrons. The van der Waals surface area contributed by atoms with Crippen molar-refractivity contribution in [1.29, 1.82) is 0 Å². The first-order valence-corrected chi connectivity index (χ1v) is 6.27. The van der Waals surface area contributed by atoms with E-state index in [1.165, 1.54) is 0 Å². The molecular formula is C13H17ClF3N. The van der Waals surface area contributed by atoms with Crippen molar-refractivity contribution in [3.8, 4) is 0 Å². The Balaban J connectivity index is 2.80. The van der Waals surface area contributed by atoms with Crippen molar-refractivity contribution in [2.24, 2.45) is 0 Å². The summed E-state index contributed by atoms with van der Waals surface area (Å²) in [5.41, 5.74) is 1.73. The van der Waals surface area contributed by atoms with Crippen molar-refractivity contribution in [3.05, 3.63) is 34.3 Å². The van der Waals surface area contributed by atoms with Crippen LogP contribution in [0.4, 0.5) is 13.2 Å². The average molecular weight is 280 g/mol. The van der Waals surface area contributed by atoms with Gasteiger partial charge in [-0.05, 0) is 37.1 Å². The maximum absolute atomic E-state index is 12.3. The van der Waals surface area contributed by atoms with Gasteiger partial charge in [-0.3, -0.25) is 0 Å². The van der Waals surface area contributed by atoms with E-state index in [9.17, 15) is 13.2 Å². The lowest BCUT2D eigenvalue weighted by molar-refractivity contribution is -0.136. The Kier molecular flexibility index (Phi) is 5.47. The summed E-state index contributed by atoms with van der Waals surface area (Å²) in [5.74, 6) is 0. The van der Waals surface area contributed by atoms with E-state index in [2.05, 4.69) is 5.32 Å². The van der Waals surface area contributed by atoms with Gasteiger partial charge in [0, 0.05) is 17.5 Å². The van der Waals surface area contributed by atoms with E-state index >= 15 is 0 Å². The van der Waals surface area contributed by atoms with Gasteiger partial charge in [0.15, 0.2) is 0 Å². The Bertz CT molecular complexity index is 390. The number of nitrogens with one attached hydrogen (secondary N) is 1. The number of rotatable bonds is 5. The van der Waals surface area contributed by atoms with Crippen LogP contribution in [0.5, 0.6) is 0 Å². The number of hydrogen-bond donors (Lipinski definition) is 1. The van der Waals surface area contributed by atoms with Crippen LogP contribution in [-0.2, 0) is 0 Å². The summed E-state index contributed by atoms with van der Waals surface area (Å²) in [7, 11) is 0. The van der Waals surface area contributed by atoms with Gasteiger partial charge >= 0.3 is 6.18 Å². The molecule has 18 heavy (non-hydrogen) atoms. The van der Waals surface area contributed by atoms with Crippen LogP contribution in [0.25, 0.3) is 0 Å². The van der Waals surface area contributed by atoms with E-state index in [-0.39, 0.29) is 12.5 Å². The molecule has 0 bridgehead atoms. The highest BCUT2D eigenvalue weighted by Crippen LogP contribution is 2.29. The van der Waals surface area contributed by atoms with Crippen molar-refractivity contribution in [2.45, 2.75) is 38.9 Å². The van der Waals surface area contributed by atoms with E-state index in [4.69, 9.17) is 11.6 Å². The zero-order valence-electron chi connectivity index (χ0n) is 10.4. The van der Waals surface area contributed by atoms with E-state index < -0.39 is 12.6 Å². The van der Waals surface area contributed by atoms with Crippen LogP contribution in [-0.4, -0.2) is 12.7 Å². The molecule has 5 heteroatoms. The van der Waals surface area contributed by atoms with Gasteiger partial charge in [0.05, 0.1) is 0 Å². The Morgan fingerprint density at radius 3 is 2.50 bits per heavy atom. The molecule has 0 aromatic heterocycles. The monoisotopic (exact) mass is 279 g/mol. The molecule has 1 aromatic carbocycles. The maximum atomic E-state index is 12.3. The van der Waals surface area contributed by atoms with Crippen molar-refractivity contribution < 1.29 is 13.2 Å². The predicted octanol–water partition coefficient (Wildman–Crippen LogP) is 4.64. The van der Waals surface area contributed by atoms with Gasteiger partial charge in [-0.2, -0.15) is 13.2 Å². The highest BCUT2D eigenvalue weighted by Gasteiger charge is 2.28. The van der Waals surface area contributed by atoms with Gasteiger partial charge in [-0.1, -0.05) is 30.7 Å². The predicted molar refractivity (Wildman–Crippen MR) is 67.9 cm³/mol. The normalized spacial score (nSPS) is 13.7. The molecule has 0 saturated heterocycles. The molecule has 0 aliphatic rings. The van der Waals surface area contributed by atoms with E-state index in [1.807, 2.05) is 19.9 Å². The Morgan fingerprint density at radius 2 is 2.00 bits per heavy atom. The van der Waals surface area contributed by atoms with Crippen molar-refractivity contribution in [2.75, 3.05) is 6.54 Å². The maximum Gasteiger partial charge on any atom is 0.389 e. The molecule has 1 aromatic rings. The molecule has 0 fully saturated rings. The first-order chi connectivity index (χ1) is 8.33. The molecule has 0 amide bonds. The smallest absolute Gasteiger partial charge is 0.310 e. The van der Waals surface area contributed by atoms with Gasteiger partial charge in [0.25, 0.3) is 0 Å². The van der Waals surface area contributed by atoms with Gasteiger partial charge in [0.2, 0.25) is 0 Å². The molecule has 0 spiro atoms. The van der Waals surface area contributed by atoms with Crippen molar-refractivity contribution in [1.82, 2.24) is 5.32 Å². The number of aryl methyl sites for hydroxylation is 1. The molecule has 0 heterocycles. The zero-order valence-corrected chi connectivity index (χ0v) is 11.2. The quantitative estimate of drug-likeness (QED) is 0.828. The topological polar surface area (TPSA) is 12.0 Å². The molecule has 0 radical (unpaired) electrons. The second-order valence-electron chi connectivity index (χ2n) is 4.27. The minimum atomic E-state index is -4.12. The summed E-state index contributed by atoms with van der Waals surface area (Å²) in [6, 6.07) is 5.06. The molecule has 1 rings (SSSR count). The Morgan fingerprint density at radius 1 is 1.33 bits per heavy atom. The highest BCUT2D eigenvalue weighted by atomic mass is 35.5. The van der Waals surface area contributed by atoms with Crippen LogP contribution < -0.4 is 5.32 Å². The molecule has 1 atom stereocenters. The number of halogens is 4. The van der Waals surface area contributed by atoms with Gasteiger partial charge in [0.1, 0.15) is 0 Å². The average Bonchev–Trinajstić information content (AvgIpc) is 2.27. The Hall–Kier alpha value is -0.740. The molecule has 0 aliphatic carbocycles. The SMILES string of the molecule is CCNC(CCC(F)(F)F)c1ccc(Cl)c(C)c1. The van der Waals surface area contributed by atoms with Crippen LogP contribution in [0.15, 0.2) is 18.2 Å². The summed E-state index contributed by atoms with van der Waals surface area (Å²) in [6.45, 7) is 4.35. The highest BCUT2D eigenvalue weighted by molar-refractivity contribution is 6.31. The van der Waals surface area contributed by atoms with Crippen LogP contribution in [0.1, 0.15) is 36.9 Å². The first kappa shape index (κ1) is 15.3. The summed E-state index contributed by atoms with van der Waals surface area (Å²) in [5, 5.41) is 3.70. The van der Waals surface area contributed by atoms with Gasteiger partial charge in [-0.25, -0.2) is 0 Å². The van der Waals surface area contributed by atoms with Crippen LogP contribution in [0.2, 0.25) is 5.02 Å². The fraction of sp³-hybridized carbons (Fsp3) is 0.538. The molecule has 0 saturated carbocycles. The third-order valence-electron chi connectivity index (χ3n) is 2.75. The minimum Gasteiger partial charge on any atom is -0.310 e. The third-order valence-corrected chi connectivity index (χ3v) is 3.18. The Labute approximate surface area is 110 Å². The van der Waals surface area contributed by atoms with E-state index in [0.29, 0.717) is 11.6 Å². The van der Waals surface area contributed by atoms with Crippen LogP contribution >= 0.6 is 11.6 Å². The van der Waals surface area contributed by atoms with E-state index in [0.717, 1.165) is 11.1 Å². The second-order valence-corrected chi connectivity index (χ2v) is 4.68. The number of alkyl halides is 3. The third kappa shape index (κ3) is 4.86. The molecule has 1 N–H and O–H groups in total. The molecule has 1 unspecified atom stereocenters. The lowest BCUT2D eigenvalue weighted by Gasteiger charge is -2.20. The fourth-order valence-corrected chi connectivity index (χ4v) is 1.94. The lowest BCUT2D eigenvalue weighted by Crippen LogP contribution is -2.23.